The van der Waals surface area contributed by atoms with E-state index in [1.165, 1.54) is 18.4 Å². The van der Waals surface area contributed by atoms with Crippen molar-refractivity contribution in [2.45, 2.75) is 37.8 Å². The molecule has 0 spiro atoms. The number of benzene rings is 1. The van der Waals surface area contributed by atoms with Crippen LogP contribution in [0.15, 0.2) is 23.2 Å². The van der Waals surface area contributed by atoms with E-state index < -0.39 is 0 Å². The van der Waals surface area contributed by atoms with Crippen molar-refractivity contribution in [2.75, 3.05) is 19.8 Å². The minimum absolute atomic E-state index is 0.171. The van der Waals surface area contributed by atoms with Crippen molar-refractivity contribution in [2.24, 2.45) is 10.7 Å². The smallest absolute Gasteiger partial charge is 0.192 e. The van der Waals surface area contributed by atoms with Gasteiger partial charge in [-0.15, -0.1) is 0 Å². The van der Waals surface area contributed by atoms with E-state index in [-0.39, 0.29) is 5.54 Å². The maximum Gasteiger partial charge on any atom is 0.192 e. The second-order valence-corrected chi connectivity index (χ2v) is 6.26. The Morgan fingerprint density at radius 3 is 2.76 bits per heavy atom. The average Bonchev–Trinajstić information content (AvgIpc) is 3.28. The lowest BCUT2D eigenvalue weighted by Crippen LogP contribution is -2.48. The van der Waals surface area contributed by atoms with Gasteiger partial charge in [-0.3, -0.25) is 4.99 Å². The van der Waals surface area contributed by atoms with E-state index >= 15 is 0 Å². The quantitative estimate of drug-likeness (QED) is 0.902. The van der Waals surface area contributed by atoms with Crippen LogP contribution in [0.1, 0.15) is 31.7 Å². The van der Waals surface area contributed by atoms with Crippen LogP contribution >= 0.6 is 0 Å². The van der Waals surface area contributed by atoms with Gasteiger partial charge in [-0.1, -0.05) is 6.07 Å². The first-order valence-electron chi connectivity index (χ1n) is 7.68. The summed E-state index contributed by atoms with van der Waals surface area (Å²) in [5.74, 6) is 2.35. The molecule has 1 fully saturated rings. The Bertz CT molecular complexity index is 597. The molecule has 112 valence electrons. The molecule has 2 aliphatic heterocycles. The molecule has 1 aromatic rings. The summed E-state index contributed by atoms with van der Waals surface area (Å²) in [6, 6.07) is 6.78. The Morgan fingerprint density at radius 2 is 2.00 bits per heavy atom. The highest BCUT2D eigenvalue weighted by molar-refractivity contribution is 5.82. The Hall–Kier alpha value is -1.91. The summed E-state index contributed by atoms with van der Waals surface area (Å²) in [7, 11) is 0. The molecule has 5 heteroatoms. The molecule has 1 aromatic carbocycles. The second-order valence-electron chi connectivity index (χ2n) is 6.26. The van der Waals surface area contributed by atoms with Gasteiger partial charge >= 0.3 is 0 Å². The SMILES string of the molecule is CC1(c2ccc3c(c2)OCCCO3)CN=C(N)N1C1CC1. The van der Waals surface area contributed by atoms with E-state index in [4.69, 9.17) is 15.2 Å². The van der Waals surface area contributed by atoms with Crippen LogP contribution in [0.2, 0.25) is 0 Å². The first kappa shape index (κ1) is 12.8. The predicted octanol–water partition coefficient (Wildman–Crippen LogP) is 1.86. The maximum atomic E-state index is 6.12. The third-order valence-corrected chi connectivity index (χ3v) is 4.61. The van der Waals surface area contributed by atoms with Crippen LogP contribution in [0.4, 0.5) is 0 Å². The fourth-order valence-electron chi connectivity index (χ4n) is 3.29. The van der Waals surface area contributed by atoms with Crippen LogP contribution < -0.4 is 15.2 Å². The molecular formula is C16H21N3O2. The first-order valence-corrected chi connectivity index (χ1v) is 7.68. The van der Waals surface area contributed by atoms with Crippen molar-refractivity contribution in [3.63, 3.8) is 0 Å². The maximum absolute atomic E-state index is 6.12. The molecule has 0 bridgehead atoms. The van der Waals surface area contributed by atoms with Crippen LogP contribution in [0.3, 0.4) is 0 Å². The van der Waals surface area contributed by atoms with Gasteiger partial charge in [-0.25, -0.2) is 0 Å². The lowest BCUT2D eigenvalue weighted by Gasteiger charge is -2.37. The van der Waals surface area contributed by atoms with Crippen LogP contribution in [-0.4, -0.2) is 36.7 Å². The molecular weight excluding hydrogens is 266 g/mol. The van der Waals surface area contributed by atoms with E-state index in [0.29, 0.717) is 31.8 Å². The number of nitrogens with zero attached hydrogens (tertiary/aromatic N) is 2. The molecule has 2 N–H and O–H groups in total. The number of nitrogens with two attached hydrogens (primary N) is 1. The van der Waals surface area contributed by atoms with E-state index in [9.17, 15) is 0 Å². The molecule has 21 heavy (non-hydrogen) atoms. The van der Waals surface area contributed by atoms with E-state index in [1.54, 1.807) is 0 Å². The third kappa shape index (κ3) is 2.03. The summed E-state index contributed by atoms with van der Waals surface area (Å²) >= 11 is 0. The summed E-state index contributed by atoms with van der Waals surface area (Å²) < 4.78 is 11.5. The van der Waals surface area contributed by atoms with Gasteiger partial charge < -0.3 is 20.1 Å². The zero-order valence-corrected chi connectivity index (χ0v) is 12.3. The van der Waals surface area contributed by atoms with Gasteiger partial charge in [0.25, 0.3) is 0 Å². The second kappa shape index (κ2) is 4.55. The van der Waals surface area contributed by atoms with E-state index in [0.717, 1.165) is 17.9 Å². The fraction of sp³-hybridized carbons (Fsp3) is 0.562. The Labute approximate surface area is 124 Å². The van der Waals surface area contributed by atoms with Gasteiger partial charge in [-0.2, -0.15) is 0 Å². The molecule has 0 aromatic heterocycles. The Morgan fingerprint density at radius 1 is 1.24 bits per heavy atom. The Kier molecular flexibility index (Phi) is 2.77. The molecule has 0 amide bonds. The number of guanidine groups is 1. The first-order chi connectivity index (χ1) is 10.2. The third-order valence-electron chi connectivity index (χ3n) is 4.61. The van der Waals surface area contributed by atoms with Crippen molar-refractivity contribution < 1.29 is 9.47 Å². The standard InChI is InChI=1S/C16H21N3O2/c1-16(10-18-15(17)19(16)12-4-5-12)11-3-6-13-14(9-11)21-8-2-7-20-13/h3,6,9,12H,2,4-5,7-8,10H2,1H3,(H2,17,18). The number of hydrogen-bond donors (Lipinski definition) is 1. The highest BCUT2D eigenvalue weighted by Gasteiger charge is 2.47. The minimum Gasteiger partial charge on any atom is -0.490 e. The summed E-state index contributed by atoms with van der Waals surface area (Å²) in [4.78, 5) is 6.77. The molecule has 0 radical (unpaired) electrons. The van der Waals surface area contributed by atoms with Crippen molar-refractivity contribution in [1.29, 1.82) is 0 Å². The van der Waals surface area contributed by atoms with Crippen molar-refractivity contribution in [3.8, 4) is 11.5 Å². The lowest BCUT2D eigenvalue weighted by molar-refractivity contribution is 0.215. The number of aliphatic imine (C=N–C) groups is 1. The molecule has 3 aliphatic rings. The fourth-order valence-corrected chi connectivity index (χ4v) is 3.29. The van der Waals surface area contributed by atoms with Gasteiger partial charge in [0.1, 0.15) is 0 Å². The minimum atomic E-state index is -0.171. The molecule has 1 saturated carbocycles. The molecule has 0 saturated heterocycles. The van der Waals surface area contributed by atoms with Gasteiger partial charge in [0.15, 0.2) is 17.5 Å². The molecule has 2 heterocycles. The topological polar surface area (TPSA) is 60.1 Å². The summed E-state index contributed by atoms with van der Waals surface area (Å²) in [5, 5.41) is 0. The molecule has 1 unspecified atom stereocenters. The molecule has 5 nitrogen and oxygen atoms in total. The number of hydrogen-bond acceptors (Lipinski definition) is 5. The van der Waals surface area contributed by atoms with Crippen molar-refractivity contribution in [3.05, 3.63) is 23.8 Å². The number of fused-ring (bicyclic) bond motifs is 1. The highest BCUT2D eigenvalue weighted by Crippen LogP contribution is 2.43. The Balaban J connectivity index is 1.71. The number of ether oxygens (including phenoxy) is 2. The monoisotopic (exact) mass is 287 g/mol. The van der Waals surface area contributed by atoms with Crippen LogP contribution in [0.25, 0.3) is 0 Å². The molecule has 4 rings (SSSR count). The summed E-state index contributed by atoms with van der Waals surface area (Å²) in [5.41, 5.74) is 7.14. The van der Waals surface area contributed by atoms with Crippen molar-refractivity contribution in [1.82, 2.24) is 4.90 Å². The summed E-state index contributed by atoms with van der Waals surface area (Å²) in [6.07, 6.45) is 3.33. The van der Waals surface area contributed by atoms with E-state index in [2.05, 4.69) is 28.9 Å². The largest absolute Gasteiger partial charge is 0.490 e. The zero-order valence-electron chi connectivity index (χ0n) is 12.3. The van der Waals surface area contributed by atoms with E-state index in [1.807, 2.05) is 6.07 Å². The van der Waals surface area contributed by atoms with Gasteiger partial charge in [-0.05, 0) is 37.5 Å². The summed E-state index contributed by atoms with van der Waals surface area (Å²) in [6.45, 7) is 4.34. The van der Waals surface area contributed by atoms with Gasteiger partial charge in [0.05, 0.1) is 25.3 Å². The van der Waals surface area contributed by atoms with Gasteiger partial charge in [0, 0.05) is 12.5 Å². The van der Waals surface area contributed by atoms with Crippen LogP contribution in [-0.2, 0) is 5.54 Å². The van der Waals surface area contributed by atoms with Crippen LogP contribution in [0, 0.1) is 0 Å². The highest BCUT2D eigenvalue weighted by atomic mass is 16.5. The lowest BCUT2D eigenvalue weighted by atomic mass is 9.90. The van der Waals surface area contributed by atoms with Gasteiger partial charge in [0.2, 0.25) is 0 Å². The van der Waals surface area contributed by atoms with Crippen LogP contribution in [0.5, 0.6) is 11.5 Å². The normalized spacial score (nSPS) is 28.2. The number of rotatable bonds is 2. The predicted molar refractivity (Wildman–Crippen MR) is 80.8 cm³/mol. The molecule has 1 aliphatic carbocycles. The molecule has 1 atom stereocenters. The zero-order chi connectivity index (χ0) is 14.4. The van der Waals surface area contributed by atoms with Crippen molar-refractivity contribution >= 4 is 5.96 Å². The average molecular weight is 287 g/mol.